The normalized spacial score (nSPS) is 11.0. The Kier molecular flexibility index (Phi) is 7.48. The van der Waals surface area contributed by atoms with Gasteiger partial charge in [-0.15, -0.1) is 0 Å². The number of rotatable bonds is 7. The predicted octanol–water partition coefficient (Wildman–Crippen LogP) is 1.54. The molecule has 0 aliphatic rings. The third kappa shape index (κ3) is 6.89. The van der Waals surface area contributed by atoms with Crippen LogP contribution in [-0.4, -0.2) is 25.0 Å². The topological polar surface area (TPSA) is 41.1 Å². The van der Waals surface area contributed by atoms with Crippen LogP contribution in [0, 0.1) is 5.92 Å². The van der Waals surface area contributed by atoms with Gasteiger partial charge in [-0.05, 0) is 5.92 Å². The van der Waals surface area contributed by atoms with E-state index >= 15 is 0 Å². The minimum Gasteiger partial charge on any atom is -0.355 e. The quantitative estimate of drug-likeness (QED) is 0.654. The summed E-state index contributed by atoms with van der Waals surface area (Å²) in [5.41, 5.74) is 0. The molecule has 0 aromatic heterocycles. The fraction of sp³-hybridized carbons (Fsp3) is 0.909. The summed E-state index contributed by atoms with van der Waals surface area (Å²) in [5, 5.41) is 6.03. The van der Waals surface area contributed by atoms with Crippen LogP contribution in [0.5, 0.6) is 0 Å². The molecule has 84 valence electrons. The maximum absolute atomic E-state index is 11.3. The van der Waals surface area contributed by atoms with Crippen molar-refractivity contribution < 1.29 is 4.79 Å². The van der Waals surface area contributed by atoms with Crippen molar-refractivity contribution in [2.24, 2.45) is 5.92 Å². The van der Waals surface area contributed by atoms with Crippen molar-refractivity contribution in [1.82, 2.24) is 10.6 Å². The third-order valence-corrected chi connectivity index (χ3v) is 2.41. The second kappa shape index (κ2) is 7.80. The molecule has 0 fully saturated rings. The molecule has 0 radical (unpaired) electrons. The Balaban J connectivity index is 3.52. The summed E-state index contributed by atoms with van der Waals surface area (Å²) in [5.74, 6) is 0.726. The van der Waals surface area contributed by atoms with E-state index in [0.717, 1.165) is 19.4 Å². The van der Waals surface area contributed by atoms with Crippen LogP contribution < -0.4 is 10.6 Å². The molecule has 0 saturated heterocycles. The van der Waals surface area contributed by atoms with Crippen molar-refractivity contribution in [3.05, 3.63) is 0 Å². The maximum Gasteiger partial charge on any atom is 0.233 e. The van der Waals surface area contributed by atoms with Gasteiger partial charge in [0.1, 0.15) is 0 Å². The van der Waals surface area contributed by atoms with Crippen LogP contribution in [0.3, 0.4) is 0 Å². The van der Waals surface area contributed by atoms with Crippen LogP contribution in [-0.2, 0) is 4.79 Å². The molecule has 0 aliphatic heterocycles. The van der Waals surface area contributed by atoms with E-state index in [1.165, 1.54) is 0 Å². The molecule has 0 aliphatic carbocycles. The van der Waals surface area contributed by atoms with Gasteiger partial charge in [0.05, 0.1) is 6.54 Å². The van der Waals surface area contributed by atoms with Gasteiger partial charge >= 0.3 is 0 Å². The van der Waals surface area contributed by atoms with Crippen molar-refractivity contribution in [3.63, 3.8) is 0 Å². The summed E-state index contributed by atoms with van der Waals surface area (Å²) >= 11 is 0. The van der Waals surface area contributed by atoms with Gasteiger partial charge in [0, 0.05) is 12.6 Å². The fourth-order valence-corrected chi connectivity index (χ4v) is 1.19. The van der Waals surface area contributed by atoms with E-state index in [4.69, 9.17) is 0 Å². The SMILES string of the molecule is CCC(CC)CNC(=O)CNC(C)C. The molecule has 0 bridgehead atoms. The Labute approximate surface area is 87.6 Å². The van der Waals surface area contributed by atoms with Crippen LogP contribution in [0.25, 0.3) is 0 Å². The van der Waals surface area contributed by atoms with Crippen LogP contribution in [0.2, 0.25) is 0 Å². The lowest BCUT2D eigenvalue weighted by Crippen LogP contribution is -2.38. The number of nitrogens with one attached hydrogen (secondary N) is 2. The second-order valence-electron chi connectivity index (χ2n) is 4.02. The summed E-state index contributed by atoms with van der Waals surface area (Å²) in [6.45, 7) is 9.63. The molecule has 0 unspecified atom stereocenters. The lowest BCUT2D eigenvalue weighted by Gasteiger charge is -2.14. The molecule has 0 atom stereocenters. The van der Waals surface area contributed by atoms with E-state index in [2.05, 4.69) is 24.5 Å². The Bertz CT molecular complexity index is 153. The Morgan fingerprint density at radius 2 is 1.79 bits per heavy atom. The molecule has 0 aromatic carbocycles. The average molecular weight is 200 g/mol. The summed E-state index contributed by atoms with van der Waals surface area (Å²) in [7, 11) is 0. The average Bonchev–Trinajstić information content (AvgIpc) is 2.16. The lowest BCUT2D eigenvalue weighted by atomic mass is 10.0. The highest BCUT2D eigenvalue weighted by molar-refractivity contribution is 5.77. The Hall–Kier alpha value is -0.570. The summed E-state index contributed by atoms with van der Waals surface area (Å²) in [6.07, 6.45) is 2.27. The minimum absolute atomic E-state index is 0.102. The largest absolute Gasteiger partial charge is 0.355 e. The first-order chi connectivity index (χ1) is 6.60. The third-order valence-electron chi connectivity index (χ3n) is 2.41. The van der Waals surface area contributed by atoms with E-state index in [1.807, 2.05) is 13.8 Å². The minimum atomic E-state index is 0.102. The number of hydrogen-bond donors (Lipinski definition) is 2. The molecule has 0 heterocycles. The van der Waals surface area contributed by atoms with Crippen molar-refractivity contribution in [2.45, 2.75) is 46.6 Å². The first-order valence-corrected chi connectivity index (χ1v) is 5.60. The molecule has 0 aromatic rings. The zero-order valence-electron chi connectivity index (χ0n) is 9.89. The summed E-state index contributed by atoms with van der Waals surface area (Å²) in [6, 6.07) is 0.369. The molecule has 14 heavy (non-hydrogen) atoms. The summed E-state index contributed by atoms with van der Waals surface area (Å²) in [4.78, 5) is 11.3. The van der Waals surface area contributed by atoms with Crippen molar-refractivity contribution in [3.8, 4) is 0 Å². The Morgan fingerprint density at radius 3 is 2.21 bits per heavy atom. The van der Waals surface area contributed by atoms with Gasteiger partial charge < -0.3 is 10.6 Å². The monoisotopic (exact) mass is 200 g/mol. The Morgan fingerprint density at radius 1 is 1.21 bits per heavy atom. The number of amides is 1. The molecule has 0 rings (SSSR count). The van der Waals surface area contributed by atoms with E-state index in [-0.39, 0.29) is 5.91 Å². The number of carbonyl (C=O) groups is 1. The molecule has 0 saturated carbocycles. The van der Waals surface area contributed by atoms with E-state index in [9.17, 15) is 4.79 Å². The standard InChI is InChI=1S/C11H24N2O/c1-5-10(6-2)7-13-11(14)8-12-9(3)4/h9-10,12H,5-8H2,1-4H3,(H,13,14). The summed E-state index contributed by atoms with van der Waals surface area (Å²) < 4.78 is 0. The molecule has 2 N–H and O–H groups in total. The second-order valence-corrected chi connectivity index (χ2v) is 4.02. The van der Waals surface area contributed by atoms with E-state index < -0.39 is 0 Å². The molecule has 3 heteroatoms. The van der Waals surface area contributed by atoms with Gasteiger partial charge in [0.15, 0.2) is 0 Å². The molecular formula is C11H24N2O. The smallest absolute Gasteiger partial charge is 0.233 e. The van der Waals surface area contributed by atoms with E-state index in [1.54, 1.807) is 0 Å². The van der Waals surface area contributed by atoms with Gasteiger partial charge in [-0.1, -0.05) is 40.5 Å². The maximum atomic E-state index is 11.3. The van der Waals surface area contributed by atoms with Gasteiger partial charge in [0.2, 0.25) is 5.91 Å². The van der Waals surface area contributed by atoms with Crippen molar-refractivity contribution in [2.75, 3.05) is 13.1 Å². The molecule has 1 amide bonds. The zero-order valence-corrected chi connectivity index (χ0v) is 9.89. The number of hydrogen-bond acceptors (Lipinski definition) is 2. The first kappa shape index (κ1) is 13.4. The van der Waals surface area contributed by atoms with E-state index in [0.29, 0.717) is 18.5 Å². The highest BCUT2D eigenvalue weighted by atomic mass is 16.1. The van der Waals surface area contributed by atoms with Crippen LogP contribution in [0.1, 0.15) is 40.5 Å². The van der Waals surface area contributed by atoms with Crippen molar-refractivity contribution >= 4 is 5.91 Å². The van der Waals surface area contributed by atoms with Crippen LogP contribution >= 0.6 is 0 Å². The van der Waals surface area contributed by atoms with Crippen LogP contribution in [0.15, 0.2) is 0 Å². The fourth-order valence-electron chi connectivity index (χ4n) is 1.19. The highest BCUT2D eigenvalue weighted by Crippen LogP contribution is 2.04. The number of carbonyl (C=O) groups excluding carboxylic acids is 1. The first-order valence-electron chi connectivity index (χ1n) is 5.60. The predicted molar refractivity (Wildman–Crippen MR) is 60.2 cm³/mol. The zero-order chi connectivity index (χ0) is 11.0. The lowest BCUT2D eigenvalue weighted by molar-refractivity contribution is -0.120. The van der Waals surface area contributed by atoms with Gasteiger partial charge in [0.25, 0.3) is 0 Å². The molecule has 0 spiro atoms. The van der Waals surface area contributed by atoms with Crippen molar-refractivity contribution in [1.29, 1.82) is 0 Å². The van der Waals surface area contributed by atoms with Gasteiger partial charge in [-0.2, -0.15) is 0 Å². The highest BCUT2D eigenvalue weighted by Gasteiger charge is 2.06. The molecule has 3 nitrogen and oxygen atoms in total. The molecular weight excluding hydrogens is 176 g/mol. The van der Waals surface area contributed by atoms with Gasteiger partial charge in [-0.3, -0.25) is 4.79 Å². The van der Waals surface area contributed by atoms with Crippen LogP contribution in [0.4, 0.5) is 0 Å². The van der Waals surface area contributed by atoms with Gasteiger partial charge in [-0.25, -0.2) is 0 Å².